The molecule has 5 rings (SSSR count). The number of para-hydroxylation sites is 2. The van der Waals surface area contributed by atoms with Crippen LogP contribution in [0.3, 0.4) is 0 Å². The van der Waals surface area contributed by atoms with E-state index in [1.807, 2.05) is 36.4 Å². The van der Waals surface area contributed by atoms with Crippen LogP contribution in [0.25, 0.3) is 41.2 Å². The minimum Gasteiger partial charge on any atom is -0.234 e. The van der Waals surface area contributed by atoms with Gasteiger partial charge in [-0.05, 0) is 24.3 Å². The van der Waals surface area contributed by atoms with E-state index in [2.05, 4.69) is 27.5 Å². The molecule has 0 aliphatic heterocycles. The maximum absolute atomic E-state index is 4.76. The van der Waals surface area contributed by atoms with Gasteiger partial charge in [0.2, 0.25) is 0 Å². The molecule has 0 radical (unpaired) electrons. The van der Waals surface area contributed by atoms with Gasteiger partial charge >= 0.3 is 0 Å². The molecular weight excluding hydrogens is 342 g/mol. The van der Waals surface area contributed by atoms with Gasteiger partial charge < -0.3 is 0 Å². The summed E-state index contributed by atoms with van der Waals surface area (Å²) in [6.07, 6.45) is 0. The third-order valence-electron chi connectivity index (χ3n) is 3.49. The average molecular weight is 351 g/mol. The van der Waals surface area contributed by atoms with Gasteiger partial charge in [0.15, 0.2) is 10.0 Å². The summed E-state index contributed by atoms with van der Waals surface area (Å²) in [6, 6.07) is 16.4. The standard InChI is InChI=1S/C17H9N3S3/c1-3-7-13-10(5-1)18-15(22-13)12-9-21-16(20-12)17-19-11-6-2-4-8-14(11)23-17/h1-9H. The summed E-state index contributed by atoms with van der Waals surface area (Å²) < 4.78 is 2.39. The monoisotopic (exact) mass is 351 g/mol. The Balaban J connectivity index is 1.59. The zero-order chi connectivity index (χ0) is 15.2. The molecule has 0 aliphatic rings. The largest absolute Gasteiger partial charge is 0.234 e. The molecule has 3 nitrogen and oxygen atoms in total. The Morgan fingerprint density at radius 2 is 1.22 bits per heavy atom. The minimum atomic E-state index is 0.936. The number of hydrogen-bond acceptors (Lipinski definition) is 6. The lowest BCUT2D eigenvalue weighted by atomic mass is 10.3. The van der Waals surface area contributed by atoms with Crippen molar-refractivity contribution in [1.82, 2.24) is 15.0 Å². The third-order valence-corrected chi connectivity index (χ3v) is 6.57. The molecule has 3 heterocycles. The smallest absolute Gasteiger partial charge is 0.153 e. The van der Waals surface area contributed by atoms with Crippen LogP contribution in [0.4, 0.5) is 0 Å². The van der Waals surface area contributed by atoms with Crippen LogP contribution in [-0.2, 0) is 0 Å². The maximum Gasteiger partial charge on any atom is 0.153 e. The Hall–Kier alpha value is -2.15. The first-order chi connectivity index (χ1) is 11.4. The van der Waals surface area contributed by atoms with Gasteiger partial charge in [0.05, 0.1) is 20.4 Å². The lowest BCUT2D eigenvalue weighted by Gasteiger charge is -1.87. The van der Waals surface area contributed by atoms with Crippen LogP contribution in [0.15, 0.2) is 53.9 Å². The Morgan fingerprint density at radius 1 is 0.609 bits per heavy atom. The number of rotatable bonds is 2. The second-order valence-corrected chi connectivity index (χ2v) is 7.93. The highest BCUT2D eigenvalue weighted by Crippen LogP contribution is 2.36. The van der Waals surface area contributed by atoms with Crippen molar-refractivity contribution in [3.63, 3.8) is 0 Å². The first-order valence-electron chi connectivity index (χ1n) is 7.04. The van der Waals surface area contributed by atoms with Crippen molar-refractivity contribution in [2.24, 2.45) is 0 Å². The first kappa shape index (κ1) is 13.3. The molecule has 0 unspecified atom stereocenters. The van der Waals surface area contributed by atoms with Gasteiger partial charge in [0, 0.05) is 5.38 Å². The van der Waals surface area contributed by atoms with E-state index in [0.717, 1.165) is 31.8 Å². The van der Waals surface area contributed by atoms with Crippen molar-refractivity contribution < 1.29 is 0 Å². The molecule has 0 N–H and O–H groups in total. The van der Waals surface area contributed by atoms with Crippen molar-refractivity contribution in [2.75, 3.05) is 0 Å². The highest BCUT2D eigenvalue weighted by molar-refractivity contribution is 7.25. The molecule has 5 aromatic rings. The van der Waals surface area contributed by atoms with E-state index in [-0.39, 0.29) is 0 Å². The van der Waals surface area contributed by atoms with Gasteiger partial charge in [-0.15, -0.1) is 34.0 Å². The second kappa shape index (κ2) is 5.19. The van der Waals surface area contributed by atoms with E-state index < -0.39 is 0 Å². The highest BCUT2D eigenvalue weighted by atomic mass is 32.1. The predicted octanol–water partition coefficient (Wildman–Crippen LogP) is 5.70. The van der Waals surface area contributed by atoms with Crippen LogP contribution in [0.1, 0.15) is 0 Å². The molecule has 0 bridgehead atoms. The van der Waals surface area contributed by atoms with E-state index in [1.54, 1.807) is 34.0 Å². The van der Waals surface area contributed by atoms with E-state index in [9.17, 15) is 0 Å². The summed E-state index contributed by atoms with van der Waals surface area (Å²) >= 11 is 4.99. The molecule has 0 saturated carbocycles. The van der Waals surface area contributed by atoms with Crippen molar-refractivity contribution in [3.05, 3.63) is 53.9 Å². The number of fused-ring (bicyclic) bond motifs is 2. The molecule has 2 aromatic carbocycles. The van der Waals surface area contributed by atoms with Gasteiger partial charge in [0.1, 0.15) is 10.7 Å². The number of nitrogens with zero attached hydrogens (tertiary/aromatic N) is 3. The van der Waals surface area contributed by atoms with Gasteiger partial charge in [-0.3, -0.25) is 0 Å². The van der Waals surface area contributed by atoms with Crippen LogP contribution < -0.4 is 0 Å². The number of benzene rings is 2. The fraction of sp³-hybridized carbons (Fsp3) is 0. The lowest BCUT2D eigenvalue weighted by Crippen LogP contribution is -1.77. The summed E-state index contributed by atoms with van der Waals surface area (Å²) in [5.41, 5.74) is 3.00. The minimum absolute atomic E-state index is 0.936. The predicted molar refractivity (Wildman–Crippen MR) is 99.3 cm³/mol. The fourth-order valence-electron chi connectivity index (χ4n) is 2.42. The molecule has 0 amide bonds. The van der Waals surface area contributed by atoms with Gasteiger partial charge in [0.25, 0.3) is 0 Å². The second-order valence-electron chi connectivity index (χ2n) is 5.01. The van der Waals surface area contributed by atoms with Gasteiger partial charge in [-0.25, -0.2) is 15.0 Å². The zero-order valence-electron chi connectivity index (χ0n) is 11.8. The van der Waals surface area contributed by atoms with Crippen LogP contribution in [0.5, 0.6) is 0 Å². The molecule has 0 atom stereocenters. The number of aromatic nitrogens is 3. The van der Waals surface area contributed by atoms with Crippen molar-refractivity contribution in [1.29, 1.82) is 0 Å². The molecule has 0 fully saturated rings. The molecule has 3 aromatic heterocycles. The molecule has 0 saturated heterocycles. The zero-order valence-corrected chi connectivity index (χ0v) is 14.2. The molecule has 23 heavy (non-hydrogen) atoms. The molecular formula is C17H9N3S3. The van der Waals surface area contributed by atoms with Crippen LogP contribution in [0, 0.1) is 0 Å². The topological polar surface area (TPSA) is 38.7 Å². The quantitative estimate of drug-likeness (QED) is 0.410. The fourth-order valence-corrected chi connectivity index (χ4v) is 5.22. The van der Waals surface area contributed by atoms with E-state index in [0.29, 0.717) is 0 Å². The molecule has 0 spiro atoms. The summed E-state index contributed by atoms with van der Waals surface area (Å²) in [6.45, 7) is 0. The Morgan fingerprint density at radius 3 is 1.91 bits per heavy atom. The molecule has 0 aliphatic carbocycles. The molecule has 110 valence electrons. The van der Waals surface area contributed by atoms with E-state index in [4.69, 9.17) is 4.98 Å². The summed E-state index contributed by atoms with van der Waals surface area (Å²) in [5.74, 6) is 0. The van der Waals surface area contributed by atoms with Crippen LogP contribution >= 0.6 is 34.0 Å². The van der Waals surface area contributed by atoms with Crippen molar-refractivity contribution in [2.45, 2.75) is 0 Å². The Kier molecular flexibility index (Phi) is 3.00. The Labute approximate surface area is 143 Å². The van der Waals surface area contributed by atoms with E-state index >= 15 is 0 Å². The average Bonchev–Trinajstić information content (AvgIpc) is 3.30. The van der Waals surface area contributed by atoms with Gasteiger partial charge in [-0.2, -0.15) is 0 Å². The third kappa shape index (κ3) is 2.26. The SMILES string of the molecule is c1ccc2sc(-c3csc(-c4nc5ccccc5s4)n3)nc2c1. The number of thiazole rings is 3. The van der Waals surface area contributed by atoms with Crippen molar-refractivity contribution in [3.8, 4) is 20.7 Å². The summed E-state index contributed by atoms with van der Waals surface area (Å²) in [4.78, 5) is 14.1. The highest BCUT2D eigenvalue weighted by Gasteiger charge is 2.13. The summed E-state index contributed by atoms with van der Waals surface area (Å²) in [7, 11) is 0. The van der Waals surface area contributed by atoms with Crippen LogP contribution in [0.2, 0.25) is 0 Å². The normalized spacial score (nSPS) is 11.5. The van der Waals surface area contributed by atoms with E-state index in [1.165, 1.54) is 9.40 Å². The molecule has 6 heteroatoms. The lowest BCUT2D eigenvalue weighted by molar-refractivity contribution is 1.35. The Bertz CT molecular complexity index is 982. The number of hydrogen-bond donors (Lipinski definition) is 0. The van der Waals surface area contributed by atoms with Crippen molar-refractivity contribution >= 4 is 54.4 Å². The van der Waals surface area contributed by atoms with Crippen LogP contribution in [-0.4, -0.2) is 15.0 Å². The van der Waals surface area contributed by atoms with Gasteiger partial charge in [-0.1, -0.05) is 24.3 Å². The first-order valence-corrected chi connectivity index (χ1v) is 9.55. The summed E-state index contributed by atoms with van der Waals surface area (Å²) in [5, 5.41) is 4.97. The maximum atomic E-state index is 4.76.